The highest BCUT2D eigenvalue weighted by atomic mass is 32.2. The number of benzene rings is 1. The smallest absolute Gasteiger partial charge is 0.335 e. The van der Waals surface area contributed by atoms with Gasteiger partial charge in [-0.1, -0.05) is 12.8 Å². The predicted molar refractivity (Wildman–Crippen MR) is 68.2 cm³/mol. The molecule has 1 aliphatic carbocycles. The summed E-state index contributed by atoms with van der Waals surface area (Å²) in [5.41, 5.74) is -0.475. The molecule has 19 heavy (non-hydrogen) atoms. The van der Waals surface area contributed by atoms with Crippen molar-refractivity contribution in [2.24, 2.45) is 0 Å². The molecule has 1 aromatic rings. The fourth-order valence-electron chi connectivity index (χ4n) is 2.17. The zero-order valence-electron chi connectivity index (χ0n) is 10.1. The average molecular weight is 287 g/mol. The molecule has 1 fully saturated rings. The molecule has 0 atom stereocenters. The van der Waals surface area contributed by atoms with Crippen LogP contribution in [0.3, 0.4) is 0 Å². The van der Waals surface area contributed by atoms with Gasteiger partial charge in [-0.3, -0.25) is 4.72 Å². The first-order chi connectivity index (χ1) is 8.90. The number of sulfonamides is 1. The van der Waals surface area contributed by atoms with Gasteiger partial charge in [-0.15, -0.1) is 0 Å². The molecule has 104 valence electrons. The zero-order valence-corrected chi connectivity index (χ0v) is 10.9. The maximum absolute atomic E-state index is 13.5. The van der Waals surface area contributed by atoms with E-state index in [0.29, 0.717) is 12.8 Å². The number of halogens is 1. The molecule has 5 nitrogen and oxygen atoms in total. The highest BCUT2D eigenvalue weighted by molar-refractivity contribution is 7.93. The summed E-state index contributed by atoms with van der Waals surface area (Å²) < 4.78 is 39.7. The van der Waals surface area contributed by atoms with Crippen LogP contribution in [-0.4, -0.2) is 24.7 Å². The van der Waals surface area contributed by atoms with Gasteiger partial charge in [-0.2, -0.15) is 0 Å². The Bertz CT molecular complexity index is 594. The van der Waals surface area contributed by atoms with Gasteiger partial charge in [-0.25, -0.2) is 17.6 Å². The Labute approximate surface area is 110 Å². The van der Waals surface area contributed by atoms with Gasteiger partial charge in [0.15, 0.2) is 0 Å². The summed E-state index contributed by atoms with van der Waals surface area (Å²) >= 11 is 0. The average Bonchev–Trinajstić information content (AvgIpc) is 2.85. The number of anilines is 1. The van der Waals surface area contributed by atoms with Crippen molar-refractivity contribution in [3.05, 3.63) is 29.6 Å². The van der Waals surface area contributed by atoms with Crippen LogP contribution in [0.15, 0.2) is 18.2 Å². The third kappa shape index (κ3) is 3.04. The quantitative estimate of drug-likeness (QED) is 0.889. The second-order valence-electron chi connectivity index (χ2n) is 4.55. The van der Waals surface area contributed by atoms with Crippen LogP contribution in [0.1, 0.15) is 36.0 Å². The zero-order chi connectivity index (χ0) is 14.0. The van der Waals surface area contributed by atoms with Crippen LogP contribution >= 0.6 is 0 Å². The molecule has 0 aromatic heterocycles. The first-order valence-electron chi connectivity index (χ1n) is 5.94. The van der Waals surface area contributed by atoms with E-state index < -0.39 is 27.1 Å². The number of nitrogens with one attached hydrogen (secondary N) is 1. The number of carboxylic acids is 1. The molecule has 1 saturated carbocycles. The van der Waals surface area contributed by atoms with Gasteiger partial charge >= 0.3 is 5.97 Å². The van der Waals surface area contributed by atoms with Gasteiger partial charge in [0.2, 0.25) is 10.0 Å². The summed E-state index contributed by atoms with van der Waals surface area (Å²) in [4.78, 5) is 10.8. The molecule has 7 heteroatoms. The molecule has 0 saturated heterocycles. The standard InChI is InChI=1S/C12H14FNO4S/c13-10-6-5-8(12(15)16)7-11(10)14-19(17,18)9-3-1-2-4-9/h5-7,9,14H,1-4H2,(H,15,16). The second-order valence-corrected chi connectivity index (χ2v) is 6.51. The Balaban J connectivity index is 2.27. The van der Waals surface area contributed by atoms with E-state index in [0.717, 1.165) is 31.0 Å². The maximum Gasteiger partial charge on any atom is 0.335 e. The van der Waals surface area contributed by atoms with Crippen molar-refractivity contribution in [1.82, 2.24) is 0 Å². The molecule has 0 radical (unpaired) electrons. The Morgan fingerprint density at radius 3 is 2.53 bits per heavy atom. The summed E-state index contributed by atoms with van der Waals surface area (Å²) in [6.45, 7) is 0. The van der Waals surface area contributed by atoms with Crippen LogP contribution in [-0.2, 0) is 10.0 Å². The number of rotatable bonds is 4. The van der Waals surface area contributed by atoms with E-state index in [1.54, 1.807) is 0 Å². The lowest BCUT2D eigenvalue weighted by atomic mass is 10.2. The number of hydrogen-bond donors (Lipinski definition) is 2. The molecule has 1 aliphatic rings. The third-order valence-corrected chi connectivity index (χ3v) is 5.06. The number of aromatic carboxylic acids is 1. The normalized spacial score (nSPS) is 16.5. The lowest BCUT2D eigenvalue weighted by Crippen LogP contribution is -2.25. The second kappa shape index (κ2) is 5.16. The van der Waals surface area contributed by atoms with Gasteiger partial charge in [0.1, 0.15) is 5.82 Å². The van der Waals surface area contributed by atoms with Crippen molar-refractivity contribution in [2.75, 3.05) is 4.72 Å². The topological polar surface area (TPSA) is 83.5 Å². The van der Waals surface area contributed by atoms with Gasteiger partial charge in [-0.05, 0) is 31.0 Å². The minimum absolute atomic E-state index is 0.162. The molecule has 0 heterocycles. The fraction of sp³-hybridized carbons (Fsp3) is 0.417. The molecule has 0 unspecified atom stereocenters. The molecular formula is C12H14FNO4S. The molecule has 1 aromatic carbocycles. The van der Waals surface area contributed by atoms with E-state index in [1.807, 2.05) is 0 Å². The minimum Gasteiger partial charge on any atom is -0.478 e. The van der Waals surface area contributed by atoms with E-state index >= 15 is 0 Å². The van der Waals surface area contributed by atoms with Crippen molar-refractivity contribution in [3.8, 4) is 0 Å². The molecule has 2 rings (SSSR count). The first kappa shape index (κ1) is 13.8. The maximum atomic E-state index is 13.5. The van der Waals surface area contributed by atoms with Crippen molar-refractivity contribution in [3.63, 3.8) is 0 Å². The lowest BCUT2D eigenvalue weighted by molar-refractivity contribution is 0.0697. The van der Waals surface area contributed by atoms with E-state index in [4.69, 9.17) is 5.11 Å². The first-order valence-corrected chi connectivity index (χ1v) is 7.49. The summed E-state index contributed by atoms with van der Waals surface area (Å²) in [6, 6.07) is 3.02. The molecule has 2 N–H and O–H groups in total. The Morgan fingerprint density at radius 2 is 1.95 bits per heavy atom. The van der Waals surface area contributed by atoms with Crippen molar-refractivity contribution >= 4 is 21.7 Å². The van der Waals surface area contributed by atoms with E-state index in [2.05, 4.69) is 4.72 Å². The summed E-state index contributed by atoms with van der Waals surface area (Å²) in [6.07, 6.45) is 2.78. The van der Waals surface area contributed by atoms with Crippen LogP contribution in [0.2, 0.25) is 0 Å². The third-order valence-electron chi connectivity index (χ3n) is 3.21. The van der Waals surface area contributed by atoms with Gasteiger partial charge in [0, 0.05) is 0 Å². The Hall–Kier alpha value is -1.63. The van der Waals surface area contributed by atoms with Crippen LogP contribution in [0, 0.1) is 5.82 Å². The molecule has 0 amide bonds. The lowest BCUT2D eigenvalue weighted by Gasteiger charge is -2.14. The molecule has 0 bridgehead atoms. The molecule has 0 aliphatic heterocycles. The van der Waals surface area contributed by atoms with E-state index in [9.17, 15) is 17.6 Å². The summed E-state index contributed by atoms with van der Waals surface area (Å²) in [7, 11) is -3.66. The van der Waals surface area contributed by atoms with Gasteiger partial charge < -0.3 is 5.11 Å². The van der Waals surface area contributed by atoms with Crippen molar-refractivity contribution in [1.29, 1.82) is 0 Å². The van der Waals surface area contributed by atoms with Crippen molar-refractivity contribution < 1.29 is 22.7 Å². The minimum atomic E-state index is -3.66. The summed E-state index contributed by atoms with van der Waals surface area (Å²) in [5, 5.41) is 8.28. The molecular weight excluding hydrogens is 273 g/mol. The van der Waals surface area contributed by atoms with Gasteiger partial charge in [0.25, 0.3) is 0 Å². The number of carboxylic acid groups (broad SMARTS) is 1. The van der Waals surface area contributed by atoms with Crippen LogP contribution < -0.4 is 4.72 Å². The summed E-state index contributed by atoms with van der Waals surface area (Å²) in [5.74, 6) is -2.02. The highest BCUT2D eigenvalue weighted by Gasteiger charge is 2.29. The Kier molecular flexibility index (Phi) is 3.75. The van der Waals surface area contributed by atoms with Crippen molar-refractivity contribution in [2.45, 2.75) is 30.9 Å². The monoisotopic (exact) mass is 287 g/mol. The largest absolute Gasteiger partial charge is 0.478 e. The number of carbonyl (C=O) groups is 1. The van der Waals surface area contributed by atoms with E-state index in [1.165, 1.54) is 0 Å². The fourth-order valence-corrected chi connectivity index (χ4v) is 3.76. The Morgan fingerprint density at radius 1 is 1.32 bits per heavy atom. The SMILES string of the molecule is O=C(O)c1ccc(F)c(NS(=O)(=O)C2CCCC2)c1. The van der Waals surface area contributed by atoms with Crippen LogP contribution in [0.25, 0.3) is 0 Å². The van der Waals surface area contributed by atoms with Crippen LogP contribution in [0.5, 0.6) is 0 Å². The van der Waals surface area contributed by atoms with Gasteiger partial charge in [0.05, 0.1) is 16.5 Å². The van der Waals surface area contributed by atoms with Crippen LogP contribution in [0.4, 0.5) is 10.1 Å². The molecule has 0 spiro atoms. The number of hydrogen-bond acceptors (Lipinski definition) is 3. The van der Waals surface area contributed by atoms with E-state index in [-0.39, 0.29) is 11.3 Å². The predicted octanol–water partition coefficient (Wildman–Crippen LogP) is 2.21. The highest BCUT2D eigenvalue weighted by Crippen LogP contribution is 2.27.